The Morgan fingerprint density at radius 3 is 2.40 bits per heavy atom. The molecule has 2 nitrogen and oxygen atoms in total. The van der Waals surface area contributed by atoms with E-state index in [1.807, 2.05) is 0 Å². The predicted molar refractivity (Wildman–Crippen MR) is 85.8 cm³/mol. The summed E-state index contributed by atoms with van der Waals surface area (Å²) in [5.41, 5.74) is 0. The Kier molecular flexibility index (Phi) is 4.42. The zero-order valence-corrected chi connectivity index (χ0v) is 14.0. The van der Waals surface area contributed by atoms with Gasteiger partial charge in [0, 0.05) is 25.7 Å². The number of hydrogen-bond acceptors (Lipinski definition) is 2. The van der Waals surface area contributed by atoms with Crippen LogP contribution in [-0.4, -0.2) is 49.6 Å². The molecule has 0 aromatic rings. The van der Waals surface area contributed by atoms with Gasteiger partial charge in [0.05, 0.1) is 0 Å². The van der Waals surface area contributed by atoms with Gasteiger partial charge in [0.25, 0.3) is 0 Å². The van der Waals surface area contributed by atoms with Gasteiger partial charge in [-0.1, -0.05) is 20.3 Å². The van der Waals surface area contributed by atoms with Crippen LogP contribution in [0.15, 0.2) is 0 Å². The minimum Gasteiger partial charge on any atom is -0.306 e. The van der Waals surface area contributed by atoms with Gasteiger partial charge in [0.1, 0.15) is 0 Å². The van der Waals surface area contributed by atoms with E-state index in [2.05, 4.69) is 37.7 Å². The van der Waals surface area contributed by atoms with Crippen LogP contribution in [0.1, 0.15) is 46.0 Å². The van der Waals surface area contributed by atoms with Gasteiger partial charge in [0.2, 0.25) is 0 Å². The van der Waals surface area contributed by atoms with Crippen molar-refractivity contribution in [1.29, 1.82) is 0 Å². The smallest absolute Gasteiger partial charge is 0.00976 e. The first-order chi connectivity index (χ1) is 9.56. The monoisotopic (exact) mass is 278 g/mol. The average molecular weight is 278 g/mol. The average Bonchev–Trinajstić information content (AvgIpc) is 3.07. The highest BCUT2D eigenvalue weighted by molar-refractivity contribution is 4.94. The number of likely N-dealkylation sites (tertiary alicyclic amines) is 1. The molecule has 2 saturated carbocycles. The molecule has 1 heterocycles. The molecule has 0 bridgehead atoms. The zero-order chi connectivity index (χ0) is 14.3. The second-order valence-corrected chi connectivity index (χ2v) is 8.29. The van der Waals surface area contributed by atoms with E-state index < -0.39 is 0 Å². The summed E-state index contributed by atoms with van der Waals surface area (Å²) in [5.74, 6) is 5.11. The molecule has 2 heteroatoms. The van der Waals surface area contributed by atoms with E-state index in [-0.39, 0.29) is 0 Å². The summed E-state index contributed by atoms with van der Waals surface area (Å²) in [4.78, 5) is 5.12. The highest BCUT2D eigenvalue weighted by Crippen LogP contribution is 2.49. The predicted octanol–water partition coefficient (Wildman–Crippen LogP) is 3.33. The molecule has 0 radical (unpaired) electrons. The van der Waals surface area contributed by atoms with E-state index in [0.717, 1.165) is 35.6 Å². The van der Waals surface area contributed by atoms with Gasteiger partial charge in [-0.05, 0) is 69.4 Å². The van der Waals surface area contributed by atoms with Gasteiger partial charge in [-0.2, -0.15) is 0 Å². The van der Waals surface area contributed by atoms with Crippen molar-refractivity contribution < 1.29 is 0 Å². The fraction of sp³-hybridized carbons (Fsp3) is 1.00. The van der Waals surface area contributed by atoms with E-state index in [4.69, 9.17) is 0 Å². The summed E-state index contributed by atoms with van der Waals surface area (Å²) in [6.45, 7) is 8.78. The molecule has 3 aliphatic rings. The largest absolute Gasteiger partial charge is 0.306 e. The van der Waals surface area contributed by atoms with Crippen molar-refractivity contribution in [2.24, 2.45) is 29.6 Å². The Morgan fingerprint density at radius 2 is 1.85 bits per heavy atom. The van der Waals surface area contributed by atoms with Crippen molar-refractivity contribution in [3.8, 4) is 0 Å². The molecule has 0 N–H and O–H groups in total. The van der Waals surface area contributed by atoms with Crippen LogP contribution in [0.2, 0.25) is 0 Å². The van der Waals surface area contributed by atoms with Gasteiger partial charge >= 0.3 is 0 Å². The van der Waals surface area contributed by atoms with Gasteiger partial charge in [-0.15, -0.1) is 0 Å². The normalized spacial score (nSPS) is 39.5. The summed E-state index contributed by atoms with van der Waals surface area (Å²) >= 11 is 0. The lowest BCUT2D eigenvalue weighted by Gasteiger charge is -2.45. The lowest BCUT2D eigenvalue weighted by molar-refractivity contribution is 0.0376. The fourth-order valence-corrected chi connectivity index (χ4v) is 4.64. The maximum Gasteiger partial charge on any atom is 0.00976 e. The van der Waals surface area contributed by atoms with Crippen molar-refractivity contribution in [1.82, 2.24) is 9.80 Å². The Morgan fingerprint density at radius 1 is 1.15 bits per heavy atom. The van der Waals surface area contributed by atoms with Crippen LogP contribution in [0.25, 0.3) is 0 Å². The van der Waals surface area contributed by atoms with Crippen molar-refractivity contribution >= 4 is 0 Å². The van der Waals surface area contributed by atoms with Gasteiger partial charge in [-0.25, -0.2) is 0 Å². The molecule has 0 aromatic heterocycles. The van der Waals surface area contributed by atoms with Gasteiger partial charge < -0.3 is 9.80 Å². The SMILES string of the molecule is CCC1CC1CC1CC(N(C)CC(C)C2CN(C)C2)C1. The molecule has 3 unspecified atom stereocenters. The van der Waals surface area contributed by atoms with Crippen LogP contribution in [0.3, 0.4) is 0 Å². The molecule has 1 aliphatic heterocycles. The van der Waals surface area contributed by atoms with Crippen molar-refractivity contribution in [3.05, 3.63) is 0 Å². The maximum absolute atomic E-state index is 2.67. The van der Waals surface area contributed by atoms with E-state index in [1.165, 1.54) is 38.9 Å². The summed E-state index contributed by atoms with van der Waals surface area (Å²) in [5, 5.41) is 0. The third kappa shape index (κ3) is 3.22. The first kappa shape index (κ1) is 14.8. The molecular weight excluding hydrogens is 244 g/mol. The first-order valence-electron chi connectivity index (χ1n) is 8.95. The molecule has 0 spiro atoms. The molecular formula is C18H34N2. The molecule has 116 valence electrons. The zero-order valence-electron chi connectivity index (χ0n) is 14.0. The Bertz CT molecular complexity index is 317. The third-order valence-corrected chi connectivity index (χ3v) is 6.54. The summed E-state index contributed by atoms with van der Waals surface area (Å²) in [6.07, 6.45) is 7.49. The van der Waals surface area contributed by atoms with Crippen LogP contribution in [0.5, 0.6) is 0 Å². The maximum atomic E-state index is 2.67. The molecule has 3 rings (SSSR count). The molecule has 1 saturated heterocycles. The standard InChI is InChI=1S/C18H34N2/c1-5-15-9-16(15)6-14-7-18(8-14)20(4)10-13(2)17-11-19(3)12-17/h13-18H,5-12H2,1-4H3. The molecule has 0 amide bonds. The summed E-state index contributed by atoms with van der Waals surface area (Å²) in [7, 11) is 4.61. The fourth-order valence-electron chi connectivity index (χ4n) is 4.64. The van der Waals surface area contributed by atoms with Gasteiger partial charge in [-0.3, -0.25) is 0 Å². The minimum absolute atomic E-state index is 0.878. The highest BCUT2D eigenvalue weighted by atomic mass is 15.2. The van der Waals surface area contributed by atoms with Crippen molar-refractivity contribution in [3.63, 3.8) is 0 Å². The lowest BCUT2D eigenvalue weighted by Crippen LogP contribution is -2.51. The third-order valence-electron chi connectivity index (χ3n) is 6.54. The Labute approximate surface area is 125 Å². The Hall–Kier alpha value is -0.0800. The van der Waals surface area contributed by atoms with Crippen LogP contribution in [0, 0.1) is 29.6 Å². The highest BCUT2D eigenvalue weighted by Gasteiger charge is 2.41. The summed E-state index contributed by atoms with van der Waals surface area (Å²) < 4.78 is 0. The topological polar surface area (TPSA) is 6.48 Å². The number of nitrogens with zero attached hydrogens (tertiary/aromatic N) is 2. The van der Waals surface area contributed by atoms with Crippen LogP contribution >= 0.6 is 0 Å². The second-order valence-electron chi connectivity index (χ2n) is 8.29. The van der Waals surface area contributed by atoms with Crippen molar-refractivity contribution in [2.45, 2.75) is 52.0 Å². The first-order valence-corrected chi connectivity index (χ1v) is 8.95. The van der Waals surface area contributed by atoms with E-state index in [0.29, 0.717) is 0 Å². The lowest BCUT2D eigenvalue weighted by atomic mass is 9.75. The van der Waals surface area contributed by atoms with Crippen LogP contribution in [0.4, 0.5) is 0 Å². The number of rotatable bonds is 7. The van der Waals surface area contributed by atoms with E-state index >= 15 is 0 Å². The summed E-state index contributed by atoms with van der Waals surface area (Å²) in [6, 6.07) is 0.902. The van der Waals surface area contributed by atoms with Gasteiger partial charge in [0.15, 0.2) is 0 Å². The van der Waals surface area contributed by atoms with Crippen LogP contribution < -0.4 is 0 Å². The quantitative estimate of drug-likeness (QED) is 0.705. The molecule has 2 aliphatic carbocycles. The molecule has 20 heavy (non-hydrogen) atoms. The minimum atomic E-state index is 0.878. The number of hydrogen-bond donors (Lipinski definition) is 0. The molecule has 3 fully saturated rings. The van der Waals surface area contributed by atoms with E-state index in [9.17, 15) is 0 Å². The second kappa shape index (κ2) is 5.96. The van der Waals surface area contributed by atoms with E-state index in [1.54, 1.807) is 12.8 Å². The Balaban J connectivity index is 1.31. The van der Waals surface area contributed by atoms with Crippen molar-refractivity contribution in [2.75, 3.05) is 33.7 Å². The molecule has 3 atom stereocenters. The van der Waals surface area contributed by atoms with Crippen LogP contribution in [-0.2, 0) is 0 Å². The molecule has 0 aromatic carbocycles.